The third-order valence-electron chi connectivity index (χ3n) is 6.35. The number of carbonyl (C=O) groups excluding carboxylic acids is 2. The fraction of sp³-hybridized carbons (Fsp3) is 0.214. The highest BCUT2D eigenvalue weighted by Crippen LogP contribution is 2.31. The Morgan fingerprint density at radius 3 is 2.46 bits per heavy atom. The van der Waals surface area contributed by atoms with Gasteiger partial charge >= 0.3 is 5.97 Å². The summed E-state index contributed by atoms with van der Waals surface area (Å²) in [7, 11) is 0. The Hall–Kier alpha value is -4.11. The molecule has 1 atom stereocenters. The van der Waals surface area contributed by atoms with E-state index in [0.717, 1.165) is 45.0 Å². The minimum Gasteiger partial charge on any atom is -0.449 e. The van der Waals surface area contributed by atoms with Gasteiger partial charge in [0.15, 0.2) is 11.3 Å². The number of rotatable bonds is 7. The fourth-order valence-electron chi connectivity index (χ4n) is 4.52. The standard InChI is InChI=1S/C28H27N5O3S/c1-5-32-24-9-7-6-8-22(24)23-16-20(12-15-25(23)32)29-26(34)17(2)36-27(35)19-10-13-21(14-11-19)33-18(3)30-31-28(33)37-4/h6-17H,5H2,1-4H3,(H,29,34). The molecule has 0 saturated heterocycles. The molecule has 3 aromatic carbocycles. The van der Waals surface area contributed by atoms with E-state index in [0.29, 0.717) is 11.3 Å². The van der Waals surface area contributed by atoms with Crippen LogP contribution in [0.1, 0.15) is 30.0 Å². The molecular weight excluding hydrogens is 486 g/mol. The van der Waals surface area contributed by atoms with Gasteiger partial charge in [0.05, 0.1) is 5.56 Å². The maximum atomic E-state index is 12.8. The van der Waals surface area contributed by atoms with Crippen LogP contribution < -0.4 is 5.32 Å². The zero-order valence-electron chi connectivity index (χ0n) is 21.1. The van der Waals surface area contributed by atoms with Crippen molar-refractivity contribution in [3.05, 3.63) is 78.1 Å². The van der Waals surface area contributed by atoms with Gasteiger partial charge in [-0.2, -0.15) is 0 Å². The minimum atomic E-state index is -0.969. The second-order valence-corrected chi connectivity index (χ2v) is 9.42. The second kappa shape index (κ2) is 10.1. The van der Waals surface area contributed by atoms with Gasteiger partial charge in [-0.25, -0.2) is 4.79 Å². The highest BCUT2D eigenvalue weighted by Gasteiger charge is 2.20. The Morgan fingerprint density at radius 2 is 1.73 bits per heavy atom. The number of ether oxygens (including phenoxy) is 1. The Morgan fingerprint density at radius 1 is 1.00 bits per heavy atom. The third kappa shape index (κ3) is 4.58. The van der Waals surface area contributed by atoms with E-state index in [2.05, 4.69) is 39.1 Å². The zero-order chi connectivity index (χ0) is 26.1. The quantitative estimate of drug-likeness (QED) is 0.225. The molecule has 8 nitrogen and oxygen atoms in total. The molecule has 0 fully saturated rings. The molecule has 0 aliphatic carbocycles. The van der Waals surface area contributed by atoms with Crippen molar-refractivity contribution in [2.24, 2.45) is 0 Å². The molecule has 5 rings (SSSR count). The summed E-state index contributed by atoms with van der Waals surface area (Å²) in [5, 5.41) is 14.1. The second-order valence-electron chi connectivity index (χ2n) is 8.65. The number of para-hydroxylation sites is 1. The molecule has 0 radical (unpaired) electrons. The van der Waals surface area contributed by atoms with E-state index in [9.17, 15) is 9.59 Å². The van der Waals surface area contributed by atoms with Gasteiger partial charge in [0, 0.05) is 39.7 Å². The van der Waals surface area contributed by atoms with E-state index >= 15 is 0 Å². The molecular formula is C28H27N5O3S. The Balaban J connectivity index is 1.29. The van der Waals surface area contributed by atoms with Crippen LogP contribution >= 0.6 is 11.8 Å². The number of aryl methyl sites for hydroxylation is 2. The number of fused-ring (bicyclic) bond motifs is 3. The van der Waals surface area contributed by atoms with Crippen LogP contribution in [0.4, 0.5) is 5.69 Å². The number of nitrogens with one attached hydrogen (secondary N) is 1. The lowest BCUT2D eigenvalue weighted by Gasteiger charge is -2.14. The largest absolute Gasteiger partial charge is 0.449 e. The number of esters is 1. The summed E-state index contributed by atoms with van der Waals surface area (Å²) in [5.74, 6) is -0.211. The van der Waals surface area contributed by atoms with Crippen LogP contribution in [-0.4, -0.2) is 43.6 Å². The number of nitrogens with zero attached hydrogens (tertiary/aromatic N) is 4. The molecule has 1 N–H and O–H groups in total. The number of hydrogen-bond acceptors (Lipinski definition) is 6. The van der Waals surface area contributed by atoms with Crippen molar-refractivity contribution < 1.29 is 14.3 Å². The SMILES string of the molecule is CCn1c2ccccc2c2cc(NC(=O)C(C)OC(=O)c3ccc(-n4c(C)nnc4SC)cc3)ccc21. The van der Waals surface area contributed by atoms with Gasteiger partial charge in [-0.15, -0.1) is 10.2 Å². The van der Waals surface area contributed by atoms with Gasteiger partial charge < -0.3 is 14.6 Å². The summed E-state index contributed by atoms with van der Waals surface area (Å²) in [6.45, 7) is 6.40. The first-order valence-electron chi connectivity index (χ1n) is 12.0. The third-order valence-corrected chi connectivity index (χ3v) is 6.98. The maximum absolute atomic E-state index is 12.8. The van der Waals surface area contributed by atoms with Gasteiger partial charge in [0.25, 0.3) is 5.91 Å². The Kier molecular flexibility index (Phi) is 6.71. The first kappa shape index (κ1) is 24.6. The van der Waals surface area contributed by atoms with Crippen molar-refractivity contribution in [2.45, 2.75) is 38.6 Å². The number of thioether (sulfide) groups is 1. The number of hydrogen-bond donors (Lipinski definition) is 1. The van der Waals surface area contributed by atoms with Crippen LogP contribution in [0.3, 0.4) is 0 Å². The molecule has 2 heterocycles. The van der Waals surface area contributed by atoms with Crippen LogP contribution in [0.2, 0.25) is 0 Å². The highest BCUT2D eigenvalue weighted by atomic mass is 32.2. The molecule has 0 saturated carbocycles. The van der Waals surface area contributed by atoms with Crippen molar-refractivity contribution in [3.8, 4) is 5.69 Å². The van der Waals surface area contributed by atoms with Crippen LogP contribution in [-0.2, 0) is 16.1 Å². The predicted octanol–water partition coefficient (Wildman–Crippen LogP) is 5.61. The van der Waals surface area contributed by atoms with Crippen LogP contribution in [0.25, 0.3) is 27.5 Å². The van der Waals surface area contributed by atoms with E-state index in [1.807, 2.05) is 48.1 Å². The van der Waals surface area contributed by atoms with Gasteiger partial charge in [0.1, 0.15) is 5.82 Å². The number of carbonyl (C=O) groups is 2. The molecule has 2 aromatic heterocycles. The number of benzene rings is 3. The molecule has 1 unspecified atom stereocenters. The van der Waals surface area contributed by atoms with Gasteiger partial charge in [-0.05, 0) is 75.6 Å². The smallest absolute Gasteiger partial charge is 0.338 e. The summed E-state index contributed by atoms with van der Waals surface area (Å²) >= 11 is 1.49. The highest BCUT2D eigenvalue weighted by molar-refractivity contribution is 7.98. The predicted molar refractivity (Wildman–Crippen MR) is 147 cm³/mol. The van der Waals surface area contributed by atoms with Crippen LogP contribution in [0, 0.1) is 6.92 Å². The first-order chi connectivity index (χ1) is 17.9. The minimum absolute atomic E-state index is 0.355. The summed E-state index contributed by atoms with van der Waals surface area (Å²) in [5.41, 5.74) is 4.11. The summed E-state index contributed by atoms with van der Waals surface area (Å²) in [4.78, 5) is 25.6. The lowest BCUT2D eigenvalue weighted by molar-refractivity contribution is -0.123. The number of anilines is 1. The van der Waals surface area contributed by atoms with Crippen molar-refractivity contribution in [2.75, 3.05) is 11.6 Å². The van der Waals surface area contributed by atoms with Gasteiger partial charge in [0.2, 0.25) is 0 Å². The number of amides is 1. The fourth-order valence-corrected chi connectivity index (χ4v) is 5.06. The Labute approximate surface area is 218 Å². The van der Waals surface area contributed by atoms with Crippen molar-refractivity contribution in [1.29, 1.82) is 0 Å². The molecule has 0 aliphatic rings. The molecule has 0 spiro atoms. The molecule has 1 amide bonds. The van der Waals surface area contributed by atoms with Gasteiger partial charge in [-0.1, -0.05) is 30.0 Å². The van der Waals surface area contributed by atoms with E-state index in [1.54, 1.807) is 31.2 Å². The van der Waals surface area contributed by atoms with Crippen LogP contribution in [0.5, 0.6) is 0 Å². The summed E-state index contributed by atoms with van der Waals surface area (Å²) < 4.78 is 9.61. The molecule has 9 heteroatoms. The monoisotopic (exact) mass is 513 g/mol. The summed E-state index contributed by atoms with van der Waals surface area (Å²) in [6, 6.07) is 21.0. The normalized spacial score (nSPS) is 12.1. The van der Waals surface area contributed by atoms with E-state index < -0.39 is 18.0 Å². The first-order valence-corrected chi connectivity index (χ1v) is 13.2. The lowest BCUT2D eigenvalue weighted by atomic mass is 10.1. The topological polar surface area (TPSA) is 91.0 Å². The van der Waals surface area contributed by atoms with Crippen molar-refractivity contribution >= 4 is 51.1 Å². The van der Waals surface area contributed by atoms with Crippen molar-refractivity contribution in [3.63, 3.8) is 0 Å². The van der Waals surface area contributed by atoms with Crippen LogP contribution in [0.15, 0.2) is 71.9 Å². The average Bonchev–Trinajstić information content (AvgIpc) is 3.45. The van der Waals surface area contributed by atoms with Gasteiger partial charge in [-0.3, -0.25) is 9.36 Å². The van der Waals surface area contributed by atoms with E-state index in [4.69, 9.17) is 4.74 Å². The molecule has 0 bridgehead atoms. The van der Waals surface area contributed by atoms with Crippen molar-refractivity contribution in [1.82, 2.24) is 19.3 Å². The molecule has 37 heavy (non-hydrogen) atoms. The Bertz CT molecular complexity index is 1620. The molecule has 5 aromatic rings. The lowest BCUT2D eigenvalue weighted by Crippen LogP contribution is -2.30. The zero-order valence-corrected chi connectivity index (χ0v) is 21.9. The van der Waals surface area contributed by atoms with E-state index in [-0.39, 0.29) is 0 Å². The summed E-state index contributed by atoms with van der Waals surface area (Å²) in [6.07, 6.45) is 0.961. The number of aromatic nitrogens is 4. The molecule has 188 valence electrons. The average molecular weight is 514 g/mol. The maximum Gasteiger partial charge on any atom is 0.338 e. The molecule has 0 aliphatic heterocycles. The van der Waals surface area contributed by atoms with E-state index in [1.165, 1.54) is 11.8 Å².